The van der Waals surface area contributed by atoms with Gasteiger partial charge >= 0.3 is 0 Å². The lowest BCUT2D eigenvalue weighted by Gasteiger charge is -2.37. The zero-order chi connectivity index (χ0) is 19.1. The summed E-state index contributed by atoms with van der Waals surface area (Å²) < 4.78 is 26.4. The van der Waals surface area contributed by atoms with E-state index in [2.05, 4.69) is 6.92 Å². The van der Waals surface area contributed by atoms with E-state index in [1.54, 1.807) is 24.2 Å². The second-order valence-electron chi connectivity index (χ2n) is 9.11. The lowest BCUT2D eigenvalue weighted by molar-refractivity contribution is 0.186. The van der Waals surface area contributed by atoms with Crippen molar-refractivity contribution >= 4 is 8.80 Å². The fourth-order valence-corrected chi connectivity index (χ4v) is 8.47. The van der Waals surface area contributed by atoms with Crippen molar-refractivity contribution < 1.29 is 8.78 Å². The SMILES string of the molecule is CCCCC[Si]1CCC(C2CCC(CCc3ccc(F)c(F)c3)CC2)CC1. The van der Waals surface area contributed by atoms with E-state index in [0.29, 0.717) is 0 Å². The Morgan fingerprint density at radius 1 is 0.889 bits per heavy atom. The van der Waals surface area contributed by atoms with Gasteiger partial charge in [-0.3, -0.25) is 0 Å². The van der Waals surface area contributed by atoms with Crippen molar-refractivity contribution in [3.63, 3.8) is 0 Å². The molecule has 2 aliphatic rings. The van der Waals surface area contributed by atoms with Crippen molar-refractivity contribution in [2.75, 3.05) is 0 Å². The Hall–Kier alpha value is -0.703. The minimum absolute atomic E-state index is 0.00403. The van der Waals surface area contributed by atoms with Gasteiger partial charge in [-0.05, 0) is 61.1 Å². The Balaban J connectivity index is 1.34. The number of benzene rings is 1. The molecule has 0 atom stereocenters. The first kappa shape index (κ1) is 21.0. The van der Waals surface area contributed by atoms with Crippen LogP contribution in [-0.2, 0) is 6.42 Å². The molecule has 151 valence electrons. The van der Waals surface area contributed by atoms with Crippen molar-refractivity contribution in [3.05, 3.63) is 35.4 Å². The molecule has 1 heterocycles. The topological polar surface area (TPSA) is 0 Å². The van der Waals surface area contributed by atoms with E-state index in [4.69, 9.17) is 0 Å². The quantitative estimate of drug-likeness (QED) is 0.313. The van der Waals surface area contributed by atoms with E-state index in [9.17, 15) is 8.78 Å². The van der Waals surface area contributed by atoms with Crippen molar-refractivity contribution in [2.24, 2.45) is 17.8 Å². The van der Waals surface area contributed by atoms with Crippen LogP contribution in [0.3, 0.4) is 0 Å². The first-order chi connectivity index (χ1) is 13.2. The highest BCUT2D eigenvalue weighted by Crippen LogP contribution is 2.42. The highest BCUT2D eigenvalue weighted by Gasteiger charge is 2.31. The number of halogens is 2. The molecule has 0 nitrogen and oxygen atoms in total. The van der Waals surface area contributed by atoms with Gasteiger partial charge in [0.1, 0.15) is 0 Å². The Morgan fingerprint density at radius 2 is 1.59 bits per heavy atom. The van der Waals surface area contributed by atoms with E-state index in [1.807, 2.05) is 0 Å². The van der Waals surface area contributed by atoms with E-state index < -0.39 is 11.6 Å². The van der Waals surface area contributed by atoms with Crippen molar-refractivity contribution in [1.29, 1.82) is 0 Å². The second-order valence-corrected chi connectivity index (χ2v) is 12.1. The van der Waals surface area contributed by atoms with Crippen LogP contribution in [0.5, 0.6) is 0 Å². The van der Waals surface area contributed by atoms with Crippen LogP contribution in [0.1, 0.15) is 76.7 Å². The van der Waals surface area contributed by atoms with Gasteiger partial charge in [0.25, 0.3) is 0 Å². The van der Waals surface area contributed by atoms with Gasteiger partial charge in [0.15, 0.2) is 11.6 Å². The molecular weight excluding hydrogens is 354 g/mol. The summed E-state index contributed by atoms with van der Waals surface area (Å²) in [4.78, 5) is 0. The molecule has 1 saturated carbocycles. The third kappa shape index (κ3) is 6.41. The third-order valence-corrected chi connectivity index (χ3v) is 10.3. The lowest BCUT2D eigenvalue weighted by Crippen LogP contribution is -2.28. The fourth-order valence-electron chi connectivity index (χ4n) is 5.41. The Labute approximate surface area is 166 Å². The van der Waals surface area contributed by atoms with Crippen LogP contribution in [-0.4, -0.2) is 8.80 Å². The Bertz CT molecular complexity index is 557. The molecule has 1 radical (unpaired) electrons. The van der Waals surface area contributed by atoms with Crippen LogP contribution in [0.2, 0.25) is 18.1 Å². The lowest BCUT2D eigenvalue weighted by atomic mass is 9.73. The number of hydrogen-bond donors (Lipinski definition) is 0. The van der Waals surface area contributed by atoms with Crippen LogP contribution < -0.4 is 0 Å². The molecule has 0 bridgehead atoms. The minimum Gasteiger partial charge on any atom is -0.204 e. The highest BCUT2D eigenvalue weighted by molar-refractivity contribution is 6.58. The third-order valence-electron chi connectivity index (χ3n) is 7.25. The van der Waals surface area contributed by atoms with Crippen LogP contribution in [0.25, 0.3) is 0 Å². The predicted octanol–water partition coefficient (Wildman–Crippen LogP) is 7.80. The summed E-state index contributed by atoms with van der Waals surface area (Å²) in [5, 5.41) is 0. The van der Waals surface area contributed by atoms with Gasteiger partial charge in [0.2, 0.25) is 0 Å². The molecular formula is C24H37F2Si. The normalized spacial score (nSPS) is 25.0. The van der Waals surface area contributed by atoms with Gasteiger partial charge in [-0.1, -0.05) is 76.1 Å². The molecule has 3 heteroatoms. The molecule has 1 aliphatic carbocycles. The molecule has 1 aliphatic heterocycles. The van der Waals surface area contributed by atoms with Crippen LogP contribution in [0.4, 0.5) is 8.78 Å². The number of aryl methyl sites for hydroxylation is 1. The largest absolute Gasteiger partial charge is 0.204 e. The first-order valence-corrected chi connectivity index (χ1v) is 13.5. The molecule has 1 aromatic rings. The zero-order valence-electron chi connectivity index (χ0n) is 17.1. The van der Waals surface area contributed by atoms with Gasteiger partial charge in [0, 0.05) is 8.80 Å². The van der Waals surface area contributed by atoms with E-state index in [0.717, 1.165) is 36.2 Å². The summed E-state index contributed by atoms with van der Waals surface area (Å²) in [6.07, 6.45) is 14.8. The molecule has 0 spiro atoms. The van der Waals surface area contributed by atoms with Crippen LogP contribution in [0.15, 0.2) is 18.2 Å². The maximum atomic E-state index is 13.3. The maximum Gasteiger partial charge on any atom is 0.159 e. The monoisotopic (exact) mass is 391 g/mol. The number of rotatable bonds is 8. The molecule has 0 aromatic heterocycles. The summed E-state index contributed by atoms with van der Waals surface area (Å²) in [5.74, 6) is 1.33. The smallest absolute Gasteiger partial charge is 0.159 e. The minimum atomic E-state index is -0.735. The molecule has 0 N–H and O–H groups in total. The van der Waals surface area contributed by atoms with E-state index >= 15 is 0 Å². The van der Waals surface area contributed by atoms with Crippen molar-refractivity contribution in [2.45, 2.75) is 95.7 Å². The summed E-state index contributed by atoms with van der Waals surface area (Å²) in [7, 11) is -0.00403. The van der Waals surface area contributed by atoms with Gasteiger partial charge in [-0.25, -0.2) is 8.78 Å². The van der Waals surface area contributed by atoms with Gasteiger partial charge in [0.05, 0.1) is 0 Å². The van der Waals surface area contributed by atoms with Crippen molar-refractivity contribution in [1.82, 2.24) is 0 Å². The van der Waals surface area contributed by atoms with Crippen LogP contribution >= 0.6 is 0 Å². The summed E-state index contributed by atoms with van der Waals surface area (Å²) in [6, 6.07) is 9.11. The second kappa shape index (κ2) is 10.7. The standard InChI is InChI=1S/C24H37F2Si/c1-2-3-4-15-27-16-13-22(14-17-27)21-10-7-19(8-11-21)5-6-20-9-12-23(25)24(26)18-20/h9,12,18-19,21-22H,2-8,10-11,13-17H2,1H3. The van der Waals surface area contributed by atoms with E-state index in [1.165, 1.54) is 69.9 Å². The number of unbranched alkanes of at least 4 members (excludes halogenated alkanes) is 2. The van der Waals surface area contributed by atoms with Gasteiger partial charge in [-0.15, -0.1) is 0 Å². The predicted molar refractivity (Wildman–Crippen MR) is 113 cm³/mol. The Kier molecular flexibility index (Phi) is 8.36. The summed E-state index contributed by atoms with van der Waals surface area (Å²) in [5.41, 5.74) is 0.945. The zero-order valence-corrected chi connectivity index (χ0v) is 18.1. The summed E-state index contributed by atoms with van der Waals surface area (Å²) >= 11 is 0. The van der Waals surface area contributed by atoms with Crippen molar-refractivity contribution in [3.8, 4) is 0 Å². The maximum absolute atomic E-state index is 13.3. The molecule has 1 saturated heterocycles. The average molecular weight is 392 g/mol. The van der Waals surface area contributed by atoms with Gasteiger partial charge < -0.3 is 0 Å². The highest BCUT2D eigenvalue weighted by atomic mass is 28.3. The average Bonchev–Trinajstić information content (AvgIpc) is 2.70. The first-order valence-electron chi connectivity index (χ1n) is 11.4. The Morgan fingerprint density at radius 3 is 2.26 bits per heavy atom. The molecule has 0 unspecified atom stereocenters. The molecule has 2 fully saturated rings. The van der Waals surface area contributed by atoms with Gasteiger partial charge in [-0.2, -0.15) is 0 Å². The molecule has 3 rings (SSSR count). The van der Waals surface area contributed by atoms with Crippen LogP contribution in [0, 0.1) is 29.4 Å². The molecule has 0 amide bonds. The molecule has 1 aromatic carbocycles. The molecule has 27 heavy (non-hydrogen) atoms. The summed E-state index contributed by atoms with van der Waals surface area (Å²) in [6.45, 7) is 2.31. The number of hydrogen-bond acceptors (Lipinski definition) is 0. The fraction of sp³-hybridized carbons (Fsp3) is 0.750. The van der Waals surface area contributed by atoms with E-state index in [-0.39, 0.29) is 8.80 Å².